The van der Waals surface area contributed by atoms with Crippen LogP contribution in [0.25, 0.3) is 22.3 Å². The van der Waals surface area contributed by atoms with Gasteiger partial charge < -0.3 is 19.6 Å². The molecule has 1 saturated carbocycles. The fourth-order valence-corrected chi connectivity index (χ4v) is 2.94. The first-order valence-electron chi connectivity index (χ1n) is 8.75. The van der Waals surface area contributed by atoms with Gasteiger partial charge in [-0.1, -0.05) is 0 Å². The molecule has 0 radical (unpaired) electrons. The lowest BCUT2D eigenvalue weighted by molar-refractivity contribution is -0.121. The van der Waals surface area contributed by atoms with E-state index >= 15 is 0 Å². The van der Waals surface area contributed by atoms with Crippen LogP contribution in [0.4, 0.5) is 0 Å². The third kappa shape index (κ3) is 3.33. The number of aromatic nitrogens is 3. The van der Waals surface area contributed by atoms with Gasteiger partial charge in [-0.3, -0.25) is 9.59 Å². The van der Waals surface area contributed by atoms with Gasteiger partial charge in [-0.15, -0.1) is 0 Å². The summed E-state index contributed by atoms with van der Waals surface area (Å²) in [6, 6.07) is 7.61. The highest BCUT2D eigenvalue weighted by molar-refractivity contribution is 5.84. The van der Waals surface area contributed by atoms with Gasteiger partial charge in [-0.25, -0.2) is 4.98 Å². The molecule has 1 aromatic carbocycles. The lowest BCUT2D eigenvalue weighted by Crippen LogP contribution is -2.29. The highest BCUT2D eigenvalue weighted by Crippen LogP contribution is 2.23. The Labute approximate surface area is 150 Å². The van der Waals surface area contributed by atoms with Crippen LogP contribution < -0.4 is 15.6 Å². The summed E-state index contributed by atoms with van der Waals surface area (Å²) >= 11 is 0. The van der Waals surface area contributed by atoms with E-state index in [1.54, 1.807) is 23.0 Å². The van der Waals surface area contributed by atoms with Gasteiger partial charge in [0.15, 0.2) is 0 Å². The highest BCUT2D eigenvalue weighted by atomic mass is 16.5. The van der Waals surface area contributed by atoms with Gasteiger partial charge in [-0.05, 0) is 44.0 Å². The predicted molar refractivity (Wildman–Crippen MR) is 98.1 cm³/mol. The molecular weight excluding hydrogens is 332 g/mol. The molecule has 1 fully saturated rings. The van der Waals surface area contributed by atoms with Crippen LogP contribution in [0.3, 0.4) is 0 Å². The van der Waals surface area contributed by atoms with Gasteiger partial charge in [0, 0.05) is 29.3 Å². The van der Waals surface area contributed by atoms with Crippen molar-refractivity contribution in [3.63, 3.8) is 0 Å². The molecule has 0 aliphatic heterocycles. The van der Waals surface area contributed by atoms with E-state index in [2.05, 4.69) is 15.3 Å². The molecule has 1 amide bonds. The van der Waals surface area contributed by atoms with Crippen molar-refractivity contribution < 1.29 is 9.53 Å². The van der Waals surface area contributed by atoms with Crippen LogP contribution in [0.1, 0.15) is 19.8 Å². The molecule has 2 heterocycles. The van der Waals surface area contributed by atoms with Gasteiger partial charge in [-0.2, -0.15) is 0 Å². The Hall–Kier alpha value is -3.09. The number of H-pyrrole nitrogens is 1. The summed E-state index contributed by atoms with van der Waals surface area (Å²) in [5.41, 5.74) is 0.916. The summed E-state index contributed by atoms with van der Waals surface area (Å²) in [5.74, 6) is 1.15. The number of ether oxygens (including phenoxy) is 1. The zero-order chi connectivity index (χ0) is 18.1. The molecule has 0 saturated heterocycles. The number of imidazole rings is 1. The van der Waals surface area contributed by atoms with E-state index in [-0.39, 0.29) is 18.0 Å². The topological polar surface area (TPSA) is 89.0 Å². The van der Waals surface area contributed by atoms with Gasteiger partial charge in [0.2, 0.25) is 5.91 Å². The number of rotatable bonds is 6. The molecule has 2 aromatic heterocycles. The SMILES string of the molecule is CCOc1ccc2[nH]c(=O)c(-c3nccn3CC(=O)NC3CC3)cc2c1. The fraction of sp³-hybridized carbons (Fsp3) is 0.316. The molecule has 3 aromatic rings. The van der Waals surface area contributed by atoms with E-state index in [4.69, 9.17) is 4.74 Å². The molecule has 1 aliphatic carbocycles. The quantitative estimate of drug-likeness (QED) is 0.711. The molecule has 26 heavy (non-hydrogen) atoms. The third-order valence-electron chi connectivity index (χ3n) is 4.34. The van der Waals surface area contributed by atoms with Crippen molar-refractivity contribution in [3.05, 3.63) is 47.0 Å². The largest absolute Gasteiger partial charge is 0.494 e. The summed E-state index contributed by atoms with van der Waals surface area (Å²) in [6.07, 6.45) is 5.38. The molecule has 0 atom stereocenters. The molecule has 1 aliphatic rings. The van der Waals surface area contributed by atoms with Crippen LogP contribution in [0.15, 0.2) is 41.5 Å². The number of amides is 1. The molecule has 0 spiro atoms. The Bertz CT molecular complexity index is 1020. The molecule has 2 N–H and O–H groups in total. The predicted octanol–water partition coefficient (Wildman–Crippen LogP) is 2.07. The summed E-state index contributed by atoms with van der Waals surface area (Å²) in [5, 5.41) is 3.80. The highest BCUT2D eigenvalue weighted by Gasteiger charge is 2.23. The summed E-state index contributed by atoms with van der Waals surface area (Å²) in [7, 11) is 0. The summed E-state index contributed by atoms with van der Waals surface area (Å²) in [4.78, 5) is 31.8. The van der Waals surface area contributed by atoms with E-state index < -0.39 is 0 Å². The molecule has 0 bridgehead atoms. The zero-order valence-corrected chi connectivity index (χ0v) is 14.5. The van der Waals surface area contributed by atoms with Crippen molar-refractivity contribution in [3.8, 4) is 17.1 Å². The Morgan fingerprint density at radius 2 is 2.23 bits per heavy atom. The summed E-state index contributed by atoms with van der Waals surface area (Å²) in [6.45, 7) is 2.64. The van der Waals surface area contributed by atoms with E-state index in [0.717, 1.165) is 29.5 Å². The van der Waals surface area contributed by atoms with Crippen LogP contribution in [0.2, 0.25) is 0 Å². The second-order valence-electron chi connectivity index (χ2n) is 6.41. The van der Waals surface area contributed by atoms with Crippen molar-refractivity contribution in [1.29, 1.82) is 0 Å². The lowest BCUT2D eigenvalue weighted by atomic mass is 10.1. The second-order valence-corrected chi connectivity index (χ2v) is 6.41. The van der Waals surface area contributed by atoms with Crippen molar-refractivity contribution in [2.45, 2.75) is 32.4 Å². The lowest BCUT2D eigenvalue weighted by Gasteiger charge is -2.09. The monoisotopic (exact) mass is 352 g/mol. The van der Waals surface area contributed by atoms with E-state index in [0.29, 0.717) is 24.0 Å². The second kappa shape index (κ2) is 6.67. The van der Waals surface area contributed by atoms with Crippen LogP contribution in [0, 0.1) is 0 Å². The van der Waals surface area contributed by atoms with Crippen LogP contribution in [-0.2, 0) is 11.3 Å². The van der Waals surface area contributed by atoms with Crippen LogP contribution >= 0.6 is 0 Å². The molecule has 0 unspecified atom stereocenters. The van der Waals surface area contributed by atoms with E-state index in [9.17, 15) is 9.59 Å². The minimum Gasteiger partial charge on any atom is -0.494 e. The van der Waals surface area contributed by atoms with Crippen molar-refractivity contribution in [2.24, 2.45) is 0 Å². The van der Waals surface area contributed by atoms with Gasteiger partial charge in [0.05, 0.1) is 12.2 Å². The Morgan fingerprint density at radius 1 is 1.38 bits per heavy atom. The molecule has 7 heteroatoms. The van der Waals surface area contributed by atoms with Crippen LogP contribution in [0.5, 0.6) is 5.75 Å². The smallest absolute Gasteiger partial charge is 0.259 e. The average Bonchev–Trinajstić information content (AvgIpc) is 3.31. The number of carbonyl (C=O) groups excluding carboxylic acids is 1. The molecule has 134 valence electrons. The Morgan fingerprint density at radius 3 is 3.00 bits per heavy atom. The number of carbonyl (C=O) groups is 1. The number of aromatic amines is 1. The standard InChI is InChI=1S/C19H20N4O3/c1-2-26-14-5-6-16-12(9-14)10-15(19(25)22-16)18-20-7-8-23(18)11-17(24)21-13-3-4-13/h5-10,13H,2-4,11H2,1H3,(H,21,24)(H,22,25). The van der Waals surface area contributed by atoms with Crippen molar-refractivity contribution in [1.82, 2.24) is 19.9 Å². The van der Waals surface area contributed by atoms with E-state index in [1.807, 2.05) is 25.1 Å². The number of nitrogens with zero attached hydrogens (tertiary/aromatic N) is 2. The van der Waals surface area contributed by atoms with Crippen molar-refractivity contribution in [2.75, 3.05) is 6.61 Å². The number of hydrogen-bond acceptors (Lipinski definition) is 4. The number of nitrogens with one attached hydrogen (secondary N) is 2. The Balaban J connectivity index is 1.69. The minimum absolute atomic E-state index is 0.0670. The van der Waals surface area contributed by atoms with Gasteiger partial charge >= 0.3 is 0 Å². The average molecular weight is 352 g/mol. The third-order valence-corrected chi connectivity index (χ3v) is 4.34. The van der Waals surface area contributed by atoms with Crippen LogP contribution in [-0.4, -0.2) is 33.1 Å². The molecule has 4 rings (SSSR count). The van der Waals surface area contributed by atoms with Crippen molar-refractivity contribution >= 4 is 16.8 Å². The maximum absolute atomic E-state index is 12.5. The maximum atomic E-state index is 12.5. The normalized spacial score (nSPS) is 13.7. The van der Waals surface area contributed by atoms with E-state index in [1.165, 1.54) is 0 Å². The molecular formula is C19H20N4O3. The molecule has 7 nitrogen and oxygen atoms in total. The maximum Gasteiger partial charge on any atom is 0.259 e. The fourth-order valence-electron chi connectivity index (χ4n) is 2.94. The van der Waals surface area contributed by atoms with Gasteiger partial charge in [0.25, 0.3) is 5.56 Å². The number of hydrogen-bond donors (Lipinski definition) is 2. The number of fused-ring (bicyclic) bond motifs is 1. The number of pyridine rings is 1. The summed E-state index contributed by atoms with van der Waals surface area (Å²) < 4.78 is 7.22. The Kier molecular flexibility index (Phi) is 4.20. The van der Waals surface area contributed by atoms with Gasteiger partial charge in [0.1, 0.15) is 18.1 Å². The zero-order valence-electron chi connectivity index (χ0n) is 14.5. The number of benzene rings is 1. The first kappa shape index (κ1) is 16.4. The first-order chi connectivity index (χ1) is 12.6. The first-order valence-corrected chi connectivity index (χ1v) is 8.75. The minimum atomic E-state index is -0.239.